The number of nitrogens with zero attached hydrogens (tertiary/aromatic N) is 2. The van der Waals surface area contributed by atoms with E-state index in [0.717, 1.165) is 40.7 Å². The molecule has 0 radical (unpaired) electrons. The molecule has 1 aromatic carbocycles. The molecule has 1 atom stereocenters. The second-order valence-corrected chi connectivity index (χ2v) is 6.05. The van der Waals surface area contributed by atoms with Gasteiger partial charge in [-0.2, -0.15) is 5.10 Å². The van der Waals surface area contributed by atoms with Crippen LogP contribution in [0.4, 0.5) is 0 Å². The zero-order valence-electron chi connectivity index (χ0n) is 11.9. The summed E-state index contributed by atoms with van der Waals surface area (Å²) < 4.78 is 8.91. The molecule has 0 aliphatic heterocycles. The molecular formula is C16H18BrN3O. The molecule has 0 saturated carbocycles. The molecule has 0 bridgehead atoms. The van der Waals surface area contributed by atoms with Crippen LogP contribution in [0.1, 0.15) is 25.1 Å². The van der Waals surface area contributed by atoms with Gasteiger partial charge in [0.15, 0.2) is 0 Å². The molecule has 1 N–H and O–H groups in total. The molecule has 0 aliphatic carbocycles. The summed E-state index contributed by atoms with van der Waals surface area (Å²) in [6.07, 6.45) is 4.83. The van der Waals surface area contributed by atoms with E-state index >= 15 is 0 Å². The van der Waals surface area contributed by atoms with Crippen LogP contribution in [0.15, 0.2) is 51.6 Å². The summed E-state index contributed by atoms with van der Waals surface area (Å²) in [5.74, 6) is 0.974. The lowest BCUT2D eigenvalue weighted by Gasteiger charge is -2.10. The van der Waals surface area contributed by atoms with Crippen LogP contribution < -0.4 is 5.32 Å². The maximum Gasteiger partial charge on any atom is 0.134 e. The summed E-state index contributed by atoms with van der Waals surface area (Å²) in [6, 6.07) is 10.3. The number of aromatic nitrogens is 2. The van der Waals surface area contributed by atoms with Crippen molar-refractivity contribution in [3.63, 3.8) is 0 Å². The molecule has 0 spiro atoms. The van der Waals surface area contributed by atoms with E-state index in [4.69, 9.17) is 4.42 Å². The Balaban J connectivity index is 1.55. The van der Waals surface area contributed by atoms with Crippen LogP contribution in [-0.4, -0.2) is 16.3 Å². The first-order valence-electron chi connectivity index (χ1n) is 7.12. The zero-order valence-corrected chi connectivity index (χ0v) is 13.5. The number of fused-ring (bicyclic) bond motifs is 1. The Hall–Kier alpha value is -1.59. The van der Waals surface area contributed by atoms with Gasteiger partial charge in [0.25, 0.3) is 0 Å². The molecule has 0 fully saturated rings. The number of aryl methyl sites for hydroxylation is 1. The second kappa shape index (κ2) is 6.45. The molecule has 4 nitrogen and oxygen atoms in total. The van der Waals surface area contributed by atoms with Gasteiger partial charge in [-0.25, -0.2) is 0 Å². The van der Waals surface area contributed by atoms with Gasteiger partial charge in [0, 0.05) is 28.8 Å². The van der Waals surface area contributed by atoms with Crippen molar-refractivity contribution in [2.45, 2.75) is 25.9 Å². The van der Waals surface area contributed by atoms with Gasteiger partial charge in [0.1, 0.15) is 11.3 Å². The van der Waals surface area contributed by atoms with Crippen molar-refractivity contribution in [1.82, 2.24) is 15.1 Å². The highest BCUT2D eigenvalue weighted by molar-refractivity contribution is 9.10. The van der Waals surface area contributed by atoms with Gasteiger partial charge in [0.05, 0.1) is 6.04 Å². The van der Waals surface area contributed by atoms with E-state index in [2.05, 4.69) is 45.4 Å². The van der Waals surface area contributed by atoms with E-state index < -0.39 is 0 Å². The van der Waals surface area contributed by atoms with Crippen LogP contribution in [0, 0.1) is 0 Å². The quantitative estimate of drug-likeness (QED) is 0.681. The Morgan fingerprint density at radius 2 is 2.29 bits per heavy atom. The van der Waals surface area contributed by atoms with Crippen molar-refractivity contribution in [1.29, 1.82) is 0 Å². The van der Waals surface area contributed by atoms with E-state index in [1.54, 1.807) is 0 Å². The molecule has 3 rings (SSSR count). The number of benzene rings is 1. The molecule has 0 saturated heterocycles. The van der Waals surface area contributed by atoms with Crippen molar-refractivity contribution < 1.29 is 4.42 Å². The smallest absolute Gasteiger partial charge is 0.134 e. The van der Waals surface area contributed by atoms with E-state index in [1.165, 1.54) is 0 Å². The predicted molar refractivity (Wildman–Crippen MR) is 87.2 cm³/mol. The summed E-state index contributed by atoms with van der Waals surface area (Å²) in [7, 11) is 0. The Kier molecular flexibility index (Phi) is 4.41. The van der Waals surface area contributed by atoms with Crippen LogP contribution in [0.2, 0.25) is 0 Å². The highest BCUT2D eigenvalue weighted by Crippen LogP contribution is 2.26. The van der Waals surface area contributed by atoms with Gasteiger partial charge < -0.3 is 9.73 Å². The van der Waals surface area contributed by atoms with Gasteiger partial charge in [-0.1, -0.05) is 15.9 Å². The second-order valence-electron chi connectivity index (χ2n) is 5.13. The number of halogens is 1. The number of hydrogen-bond donors (Lipinski definition) is 1. The first-order valence-corrected chi connectivity index (χ1v) is 7.91. The Morgan fingerprint density at radius 1 is 1.38 bits per heavy atom. The number of hydrogen-bond acceptors (Lipinski definition) is 3. The van der Waals surface area contributed by atoms with Crippen LogP contribution in [-0.2, 0) is 6.54 Å². The average molecular weight is 348 g/mol. The molecule has 0 aliphatic rings. The third kappa shape index (κ3) is 3.54. The van der Waals surface area contributed by atoms with Crippen molar-refractivity contribution in [2.24, 2.45) is 0 Å². The van der Waals surface area contributed by atoms with Gasteiger partial charge in [-0.15, -0.1) is 0 Å². The molecule has 110 valence electrons. The molecule has 5 heteroatoms. The summed E-state index contributed by atoms with van der Waals surface area (Å²) in [5.41, 5.74) is 0.929. The fraction of sp³-hybridized carbons (Fsp3) is 0.312. The van der Waals surface area contributed by atoms with Crippen molar-refractivity contribution in [3.8, 4) is 0 Å². The minimum atomic E-state index is 0.203. The summed E-state index contributed by atoms with van der Waals surface area (Å²) in [4.78, 5) is 0. The fourth-order valence-electron chi connectivity index (χ4n) is 2.34. The molecule has 3 aromatic rings. The van der Waals surface area contributed by atoms with E-state index in [9.17, 15) is 0 Å². The number of furan rings is 1. The highest BCUT2D eigenvalue weighted by atomic mass is 79.9. The van der Waals surface area contributed by atoms with Crippen LogP contribution in [0.3, 0.4) is 0 Å². The van der Waals surface area contributed by atoms with Crippen LogP contribution in [0.25, 0.3) is 11.0 Å². The molecule has 21 heavy (non-hydrogen) atoms. The zero-order chi connectivity index (χ0) is 14.7. The monoisotopic (exact) mass is 347 g/mol. The third-order valence-corrected chi connectivity index (χ3v) is 3.99. The fourth-order valence-corrected chi connectivity index (χ4v) is 2.72. The van der Waals surface area contributed by atoms with E-state index in [-0.39, 0.29) is 6.04 Å². The van der Waals surface area contributed by atoms with Gasteiger partial charge >= 0.3 is 0 Å². The highest BCUT2D eigenvalue weighted by Gasteiger charge is 2.11. The van der Waals surface area contributed by atoms with Gasteiger partial charge in [-0.3, -0.25) is 4.68 Å². The van der Waals surface area contributed by atoms with Crippen LogP contribution in [0.5, 0.6) is 0 Å². The lowest BCUT2D eigenvalue weighted by molar-refractivity contribution is 0.438. The third-order valence-electron chi connectivity index (χ3n) is 3.50. The molecule has 2 heterocycles. The standard InChI is InChI=1S/C16H18BrN3O/c1-12(18-6-2-8-20-9-3-7-19-20)16-11-13-10-14(17)4-5-15(13)21-16/h3-5,7,9-12,18H,2,6,8H2,1H3. The Labute approximate surface area is 132 Å². The maximum absolute atomic E-state index is 5.89. The van der Waals surface area contributed by atoms with Crippen molar-refractivity contribution >= 4 is 26.9 Å². The topological polar surface area (TPSA) is 43.0 Å². The predicted octanol–water partition coefficient (Wildman–Crippen LogP) is 4.13. The van der Waals surface area contributed by atoms with Gasteiger partial charge in [-0.05, 0) is 50.2 Å². The summed E-state index contributed by atoms with van der Waals surface area (Å²) in [6.45, 7) is 3.99. The molecule has 0 amide bonds. The lowest BCUT2D eigenvalue weighted by Crippen LogP contribution is -2.20. The lowest BCUT2D eigenvalue weighted by atomic mass is 10.2. The normalized spacial score (nSPS) is 12.9. The van der Waals surface area contributed by atoms with Gasteiger partial charge in [0.2, 0.25) is 0 Å². The van der Waals surface area contributed by atoms with Crippen LogP contribution >= 0.6 is 15.9 Å². The van der Waals surface area contributed by atoms with Crippen molar-refractivity contribution in [3.05, 3.63) is 53.0 Å². The Bertz CT molecular complexity index is 705. The SMILES string of the molecule is CC(NCCCn1cccn1)c1cc2cc(Br)ccc2o1. The largest absolute Gasteiger partial charge is 0.459 e. The number of rotatable bonds is 6. The van der Waals surface area contributed by atoms with E-state index in [0.29, 0.717) is 0 Å². The summed E-state index contributed by atoms with van der Waals surface area (Å²) >= 11 is 3.48. The first kappa shape index (κ1) is 14.4. The van der Waals surface area contributed by atoms with E-state index in [1.807, 2.05) is 35.3 Å². The average Bonchev–Trinajstić information content (AvgIpc) is 3.11. The minimum absolute atomic E-state index is 0.203. The minimum Gasteiger partial charge on any atom is -0.459 e. The first-order chi connectivity index (χ1) is 10.2. The number of nitrogens with one attached hydrogen (secondary N) is 1. The molecule has 2 aromatic heterocycles. The summed E-state index contributed by atoms with van der Waals surface area (Å²) in [5, 5.41) is 8.81. The molecule has 1 unspecified atom stereocenters. The Morgan fingerprint density at radius 3 is 3.10 bits per heavy atom. The maximum atomic E-state index is 5.89. The molecular weight excluding hydrogens is 330 g/mol. The van der Waals surface area contributed by atoms with Crippen molar-refractivity contribution in [2.75, 3.05) is 6.54 Å².